The number of para-hydroxylation sites is 1. The number of phenolic OH excluding ortho intramolecular Hbond substituents is 1. The molecule has 0 aromatic heterocycles. The van der Waals surface area contributed by atoms with Crippen LogP contribution in [0.1, 0.15) is 35.7 Å². The van der Waals surface area contributed by atoms with Crippen molar-refractivity contribution in [2.75, 3.05) is 13.1 Å². The molecule has 0 radical (unpaired) electrons. The first-order valence-corrected chi connectivity index (χ1v) is 10.9. The van der Waals surface area contributed by atoms with Crippen molar-refractivity contribution < 1.29 is 14.6 Å². The molecule has 1 fully saturated rings. The lowest BCUT2D eigenvalue weighted by molar-refractivity contribution is 0.0647. The van der Waals surface area contributed by atoms with Gasteiger partial charge in [-0.1, -0.05) is 66.5 Å². The molecule has 1 atom stereocenters. The normalized spacial score (nSPS) is 18.6. The molecule has 1 heterocycles. The standard InChI is InChI=1S/C25H23Cl2NO3/c1-25(17-7-3-2-4-8-17)13-6-14-28(16-25)24(30)19-15-18(11-12-22(19)29)31-23-20(26)9-5-10-21(23)27/h2-5,7-12,15,29H,6,13-14,16H2,1H3. The van der Waals surface area contributed by atoms with Crippen LogP contribution in [0.4, 0.5) is 0 Å². The summed E-state index contributed by atoms with van der Waals surface area (Å²) in [6.07, 6.45) is 1.89. The summed E-state index contributed by atoms with van der Waals surface area (Å²) in [5.74, 6) is 0.369. The van der Waals surface area contributed by atoms with Gasteiger partial charge in [-0.2, -0.15) is 0 Å². The number of piperidine rings is 1. The first kappa shape index (κ1) is 21.5. The average Bonchev–Trinajstić information content (AvgIpc) is 2.78. The van der Waals surface area contributed by atoms with Crippen LogP contribution in [0.15, 0.2) is 66.7 Å². The number of rotatable bonds is 4. The van der Waals surface area contributed by atoms with E-state index in [4.69, 9.17) is 27.9 Å². The molecule has 160 valence electrons. The number of carbonyl (C=O) groups is 1. The van der Waals surface area contributed by atoms with Crippen LogP contribution in [0.5, 0.6) is 17.2 Å². The van der Waals surface area contributed by atoms with E-state index < -0.39 is 0 Å². The number of hydrogen-bond donors (Lipinski definition) is 1. The Bertz CT molecular complexity index is 1080. The van der Waals surface area contributed by atoms with E-state index in [1.54, 1.807) is 29.2 Å². The van der Waals surface area contributed by atoms with Crippen molar-refractivity contribution in [3.8, 4) is 17.2 Å². The number of hydrogen-bond acceptors (Lipinski definition) is 3. The van der Waals surface area contributed by atoms with Crippen molar-refractivity contribution in [1.29, 1.82) is 0 Å². The molecule has 1 amide bonds. The van der Waals surface area contributed by atoms with Gasteiger partial charge in [-0.25, -0.2) is 0 Å². The highest BCUT2D eigenvalue weighted by Crippen LogP contribution is 2.38. The molecule has 1 aliphatic rings. The molecule has 31 heavy (non-hydrogen) atoms. The van der Waals surface area contributed by atoms with Crippen LogP contribution in [-0.2, 0) is 5.41 Å². The number of benzene rings is 3. The lowest BCUT2D eigenvalue weighted by atomic mass is 9.76. The van der Waals surface area contributed by atoms with Crippen LogP contribution >= 0.6 is 23.2 Å². The van der Waals surface area contributed by atoms with Gasteiger partial charge in [0.1, 0.15) is 11.5 Å². The fourth-order valence-corrected chi connectivity index (χ4v) is 4.58. The predicted molar refractivity (Wildman–Crippen MR) is 124 cm³/mol. The summed E-state index contributed by atoms with van der Waals surface area (Å²) in [5, 5.41) is 11.1. The topological polar surface area (TPSA) is 49.8 Å². The first-order valence-electron chi connectivity index (χ1n) is 10.2. The Morgan fingerprint density at radius 1 is 1.03 bits per heavy atom. The first-order chi connectivity index (χ1) is 14.9. The highest BCUT2D eigenvalue weighted by atomic mass is 35.5. The largest absolute Gasteiger partial charge is 0.507 e. The van der Waals surface area contributed by atoms with E-state index in [1.165, 1.54) is 17.7 Å². The Morgan fingerprint density at radius 3 is 2.45 bits per heavy atom. The molecule has 3 aromatic carbocycles. The number of carbonyl (C=O) groups excluding carboxylic acids is 1. The molecule has 1 aliphatic heterocycles. The Kier molecular flexibility index (Phi) is 6.12. The fraction of sp³-hybridized carbons (Fsp3) is 0.240. The Morgan fingerprint density at radius 2 is 1.74 bits per heavy atom. The van der Waals surface area contributed by atoms with Crippen LogP contribution in [0, 0.1) is 0 Å². The van der Waals surface area contributed by atoms with Crippen LogP contribution in [0.25, 0.3) is 0 Å². The molecule has 0 spiro atoms. The molecule has 1 saturated heterocycles. The molecule has 3 aromatic rings. The number of phenols is 1. The van der Waals surface area contributed by atoms with Gasteiger partial charge in [0, 0.05) is 18.5 Å². The zero-order valence-corrected chi connectivity index (χ0v) is 18.7. The van der Waals surface area contributed by atoms with Gasteiger partial charge in [0.15, 0.2) is 5.75 Å². The van der Waals surface area contributed by atoms with E-state index in [2.05, 4.69) is 19.1 Å². The minimum atomic E-state index is -0.227. The quantitative estimate of drug-likeness (QED) is 0.476. The number of likely N-dealkylation sites (tertiary alicyclic amines) is 1. The summed E-state index contributed by atoms with van der Waals surface area (Å²) in [6, 6.07) is 19.9. The number of nitrogens with zero attached hydrogens (tertiary/aromatic N) is 1. The van der Waals surface area contributed by atoms with Gasteiger partial charge >= 0.3 is 0 Å². The second-order valence-corrected chi connectivity index (χ2v) is 8.90. The van der Waals surface area contributed by atoms with Crippen molar-refractivity contribution in [3.63, 3.8) is 0 Å². The van der Waals surface area contributed by atoms with Crippen LogP contribution in [-0.4, -0.2) is 29.0 Å². The van der Waals surface area contributed by atoms with Crippen molar-refractivity contribution in [2.45, 2.75) is 25.2 Å². The van der Waals surface area contributed by atoms with Gasteiger partial charge in [-0.3, -0.25) is 4.79 Å². The lowest BCUT2D eigenvalue weighted by Gasteiger charge is -2.41. The highest BCUT2D eigenvalue weighted by molar-refractivity contribution is 6.37. The zero-order valence-electron chi connectivity index (χ0n) is 17.1. The highest BCUT2D eigenvalue weighted by Gasteiger charge is 2.35. The van der Waals surface area contributed by atoms with Gasteiger partial charge in [-0.15, -0.1) is 0 Å². The van der Waals surface area contributed by atoms with Crippen LogP contribution in [0.2, 0.25) is 10.0 Å². The molecular weight excluding hydrogens is 433 g/mol. The molecule has 1 unspecified atom stereocenters. The van der Waals surface area contributed by atoms with Gasteiger partial charge in [0.2, 0.25) is 0 Å². The monoisotopic (exact) mass is 455 g/mol. The second kappa shape index (κ2) is 8.81. The molecule has 4 nitrogen and oxygen atoms in total. The smallest absolute Gasteiger partial charge is 0.257 e. The molecule has 0 saturated carbocycles. The molecule has 4 rings (SSSR count). The third-order valence-electron chi connectivity index (χ3n) is 5.79. The third-order valence-corrected chi connectivity index (χ3v) is 6.39. The molecule has 0 aliphatic carbocycles. The van der Waals surface area contributed by atoms with Crippen molar-refractivity contribution in [1.82, 2.24) is 4.90 Å². The average molecular weight is 456 g/mol. The van der Waals surface area contributed by atoms with Crippen molar-refractivity contribution >= 4 is 29.1 Å². The fourth-order valence-electron chi connectivity index (χ4n) is 4.11. The maximum atomic E-state index is 13.3. The van der Waals surface area contributed by atoms with E-state index in [9.17, 15) is 9.90 Å². The minimum Gasteiger partial charge on any atom is -0.507 e. The van der Waals surface area contributed by atoms with Gasteiger partial charge in [0.05, 0.1) is 15.6 Å². The summed E-state index contributed by atoms with van der Waals surface area (Å²) in [5.41, 5.74) is 1.27. The van der Waals surface area contributed by atoms with E-state index in [0.29, 0.717) is 34.6 Å². The summed E-state index contributed by atoms with van der Waals surface area (Å²) in [4.78, 5) is 15.1. The summed E-state index contributed by atoms with van der Waals surface area (Å²) >= 11 is 12.4. The van der Waals surface area contributed by atoms with Crippen LogP contribution < -0.4 is 4.74 Å². The van der Waals surface area contributed by atoms with Gasteiger partial charge < -0.3 is 14.7 Å². The number of amides is 1. The zero-order chi connectivity index (χ0) is 22.0. The molecule has 0 bridgehead atoms. The van der Waals surface area contributed by atoms with E-state index in [-0.39, 0.29) is 22.6 Å². The predicted octanol–water partition coefficient (Wildman–Crippen LogP) is 6.69. The molecular formula is C25H23Cl2NO3. The van der Waals surface area contributed by atoms with Crippen molar-refractivity contribution in [2.24, 2.45) is 0 Å². The number of ether oxygens (including phenoxy) is 1. The SMILES string of the molecule is CC1(c2ccccc2)CCCN(C(=O)c2cc(Oc3c(Cl)cccc3Cl)ccc2O)C1. The Labute approximate surface area is 192 Å². The molecule has 1 N–H and O–H groups in total. The Hall–Kier alpha value is -2.69. The van der Waals surface area contributed by atoms with Gasteiger partial charge in [0.25, 0.3) is 5.91 Å². The number of aromatic hydroxyl groups is 1. The lowest BCUT2D eigenvalue weighted by Crippen LogP contribution is -2.47. The summed E-state index contributed by atoms with van der Waals surface area (Å²) < 4.78 is 5.84. The van der Waals surface area contributed by atoms with E-state index >= 15 is 0 Å². The third kappa shape index (κ3) is 4.51. The number of halogens is 2. The maximum Gasteiger partial charge on any atom is 0.257 e. The molecule has 6 heteroatoms. The maximum absolute atomic E-state index is 13.3. The van der Waals surface area contributed by atoms with E-state index in [1.807, 2.05) is 18.2 Å². The van der Waals surface area contributed by atoms with E-state index in [0.717, 1.165) is 12.8 Å². The Balaban J connectivity index is 1.59. The summed E-state index contributed by atoms with van der Waals surface area (Å²) in [6.45, 7) is 3.40. The minimum absolute atomic E-state index is 0.0883. The summed E-state index contributed by atoms with van der Waals surface area (Å²) in [7, 11) is 0. The van der Waals surface area contributed by atoms with Crippen molar-refractivity contribution in [3.05, 3.63) is 87.9 Å². The second-order valence-electron chi connectivity index (χ2n) is 8.09. The van der Waals surface area contributed by atoms with Gasteiger partial charge in [-0.05, 0) is 48.7 Å². The van der Waals surface area contributed by atoms with Crippen LogP contribution in [0.3, 0.4) is 0 Å².